The Balaban J connectivity index is 1.70. The largest absolute Gasteiger partial charge is 0.495 e. The van der Waals surface area contributed by atoms with Gasteiger partial charge in [-0.05, 0) is 71.0 Å². The summed E-state index contributed by atoms with van der Waals surface area (Å²) in [5.74, 6) is -0.934. The van der Waals surface area contributed by atoms with E-state index in [4.69, 9.17) is 30.5 Å². The van der Waals surface area contributed by atoms with Crippen LogP contribution in [0.4, 0.5) is 14.9 Å². The number of amides is 4. The van der Waals surface area contributed by atoms with Crippen LogP contribution >= 0.6 is 34.2 Å². The number of halogens is 3. The molecule has 0 atom stereocenters. The molecule has 1 N–H and O–H groups in total. The van der Waals surface area contributed by atoms with Crippen molar-refractivity contribution in [3.63, 3.8) is 0 Å². The molecular formula is C28H23ClFIN2O7. The van der Waals surface area contributed by atoms with Gasteiger partial charge in [0.25, 0.3) is 11.8 Å². The summed E-state index contributed by atoms with van der Waals surface area (Å²) in [7, 11) is 2.74. The molecule has 1 aliphatic rings. The molecule has 1 heterocycles. The molecule has 1 fully saturated rings. The fourth-order valence-corrected chi connectivity index (χ4v) is 4.88. The molecule has 3 aromatic carbocycles. The average molecular weight is 681 g/mol. The zero-order chi connectivity index (χ0) is 29.0. The number of carbonyl (C=O) groups is 3. The van der Waals surface area contributed by atoms with Crippen molar-refractivity contribution in [2.45, 2.75) is 13.5 Å². The number of nitrogens with zero attached hydrogens (tertiary/aromatic N) is 1. The minimum atomic E-state index is -0.955. The maximum absolute atomic E-state index is 13.5. The highest BCUT2D eigenvalue weighted by Crippen LogP contribution is 2.40. The van der Waals surface area contributed by atoms with Gasteiger partial charge in [-0.15, -0.1) is 0 Å². The zero-order valence-corrected chi connectivity index (χ0v) is 24.5. The highest BCUT2D eigenvalue weighted by Gasteiger charge is 2.38. The maximum atomic E-state index is 13.5. The maximum Gasteiger partial charge on any atom is 0.336 e. The van der Waals surface area contributed by atoms with Gasteiger partial charge in [0.2, 0.25) is 0 Å². The fourth-order valence-electron chi connectivity index (χ4n) is 3.87. The van der Waals surface area contributed by atoms with Crippen LogP contribution in [0.1, 0.15) is 18.1 Å². The number of carbonyl (C=O) groups excluding carboxylic acids is 3. The first-order valence-corrected chi connectivity index (χ1v) is 13.3. The molecule has 0 unspecified atom stereocenters. The number of barbiturate groups is 1. The normalized spacial score (nSPS) is 14.3. The van der Waals surface area contributed by atoms with Crippen molar-refractivity contribution in [3.05, 3.63) is 79.6 Å². The average Bonchev–Trinajstić information content (AvgIpc) is 2.92. The summed E-state index contributed by atoms with van der Waals surface area (Å²) >= 11 is 8.22. The first-order chi connectivity index (χ1) is 19.2. The van der Waals surface area contributed by atoms with E-state index in [1.165, 1.54) is 44.6 Å². The number of methoxy groups -OCH3 is 2. The van der Waals surface area contributed by atoms with Crippen LogP contribution in [0.25, 0.3) is 6.08 Å². The third kappa shape index (κ3) is 6.15. The number of hydrogen-bond donors (Lipinski definition) is 1. The number of nitrogens with one attached hydrogen (secondary N) is 1. The lowest BCUT2D eigenvalue weighted by Crippen LogP contribution is -2.54. The summed E-state index contributed by atoms with van der Waals surface area (Å²) in [4.78, 5) is 39.8. The van der Waals surface area contributed by atoms with Crippen molar-refractivity contribution in [2.75, 3.05) is 25.7 Å². The molecule has 0 saturated carbocycles. The third-order valence-corrected chi connectivity index (χ3v) is 6.83. The predicted octanol–water partition coefficient (Wildman–Crippen LogP) is 5.75. The van der Waals surface area contributed by atoms with Gasteiger partial charge in [0, 0.05) is 12.1 Å². The molecule has 4 rings (SSSR count). The highest BCUT2D eigenvalue weighted by atomic mass is 127. The van der Waals surface area contributed by atoms with Crippen molar-refractivity contribution in [3.8, 4) is 23.0 Å². The van der Waals surface area contributed by atoms with Crippen LogP contribution in [0.15, 0.2) is 54.1 Å². The monoisotopic (exact) mass is 680 g/mol. The lowest BCUT2D eigenvalue weighted by Gasteiger charge is -2.28. The van der Waals surface area contributed by atoms with Gasteiger partial charge in [-0.3, -0.25) is 14.9 Å². The van der Waals surface area contributed by atoms with Crippen LogP contribution in [-0.2, 0) is 16.2 Å². The topological polar surface area (TPSA) is 103 Å². The number of ether oxygens (including phenoxy) is 4. The molecule has 9 nitrogen and oxygen atoms in total. The number of benzene rings is 3. The first-order valence-electron chi connectivity index (χ1n) is 11.8. The fraction of sp³-hybridized carbons (Fsp3) is 0.179. The molecule has 208 valence electrons. The van der Waals surface area contributed by atoms with Gasteiger partial charge in [-0.2, -0.15) is 0 Å². The number of imide groups is 2. The van der Waals surface area contributed by atoms with E-state index in [9.17, 15) is 18.8 Å². The van der Waals surface area contributed by atoms with Crippen LogP contribution in [0, 0.1) is 9.39 Å². The van der Waals surface area contributed by atoms with Gasteiger partial charge in [0.1, 0.15) is 29.5 Å². The van der Waals surface area contributed by atoms with Crippen molar-refractivity contribution in [1.29, 1.82) is 0 Å². The van der Waals surface area contributed by atoms with Gasteiger partial charge in [-0.25, -0.2) is 14.1 Å². The predicted molar refractivity (Wildman–Crippen MR) is 155 cm³/mol. The molecular weight excluding hydrogens is 658 g/mol. The molecule has 40 heavy (non-hydrogen) atoms. The minimum absolute atomic E-state index is 0.0405. The van der Waals surface area contributed by atoms with Crippen molar-refractivity contribution in [2.24, 2.45) is 0 Å². The van der Waals surface area contributed by atoms with E-state index >= 15 is 0 Å². The van der Waals surface area contributed by atoms with Gasteiger partial charge < -0.3 is 18.9 Å². The van der Waals surface area contributed by atoms with E-state index in [0.717, 1.165) is 10.5 Å². The van der Waals surface area contributed by atoms with Crippen molar-refractivity contribution < 1.29 is 37.7 Å². The Morgan fingerprint density at radius 2 is 1.68 bits per heavy atom. The second-order valence-corrected chi connectivity index (χ2v) is 9.86. The van der Waals surface area contributed by atoms with Crippen LogP contribution in [-0.4, -0.2) is 38.7 Å². The van der Waals surface area contributed by atoms with Gasteiger partial charge in [-0.1, -0.05) is 23.7 Å². The summed E-state index contributed by atoms with van der Waals surface area (Å²) in [5.41, 5.74) is 0.956. The molecule has 4 amide bonds. The third-order valence-electron chi connectivity index (χ3n) is 5.74. The Hall–Kier alpha value is -3.84. The van der Waals surface area contributed by atoms with Crippen LogP contribution in [0.5, 0.6) is 23.0 Å². The van der Waals surface area contributed by atoms with Gasteiger partial charge in [0.05, 0.1) is 35.1 Å². The molecule has 1 aliphatic heterocycles. The van der Waals surface area contributed by atoms with Crippen LogP contribution in [0.2, 0.25) is 5.02 Å². The summed E-state index contributed by atoms with van der Waals surface area (Å²) in [6.45, 7) is 2.29. The smallest absolute Gasteiger partial charge is 0.336 e. The van der Waals surface area contributed by atoms with E-state index in [1.807, 2.05) is 0 Å². The molecule has 12 heteroatoms. The SMILES string of the molecule is CCOc1cc(/C=C2\C(=O)NC(=O)N(c3cc(OC)c(Cl)cc3OC)C2=O)cc(I)c1OCc1ccc(F)cc1. The summed E-state index contributed by atoms with van der Waals surface area (Å²) in [5, 5.41) is 2.39. The van der Waals surface area contributed by atoms with E-state index in [-0.39, 0.29) is 40.2 Å². The summed E-state index contributed by atoms with van der Waals surface area (Å²) in [6.07, 6.45) is 1.35. The Morgan fingerprint density at radius 1 is 0.975 bits per heavy atom. The van der Waals surface area contributed by atoms with Crippen LogP contribution < -0.4 is 29.2 Å². The molecule has 0 aliphatic carbocycles. The van der Waals surface area contributed by atoms with E-state index in [1.54, 1.807) is 31.2 Å². The lowest BCUT2D eigenvalue weighted by molar-refractivity contribution is -0.122. The number of hydrogen-bond acceptors (Lipinski definition) is 7. The van der Waals surface area contributed by atoms with Crippen LogP contribution in [0.3, 0.4) is 0 Å². The van der Waals surface area contributed by atoms with Crippen molar-refractivity contribution in [1.82, 2.24) is 5.32 Å². The number of urea groups is 1. The van der Waals surface area contributed by atoms with E-state index in [0.29, 0.717) is 27.2 Å². The first kappa shape index (κ1) is 29.2. The Morgan fingerprint density at radius 3 is 2.33 bits per heavy atom. The molecule has 0 radical (unpaired) electrons. The minimum Gasteiger partial charge on any atom is -0.495 e. The second-order valence-electron chi connectivity index (χ2n) is 8.29. The molecule has 1 saturated heterocycles. The Bertz CT molecular complexity index is 1510. The van der Waals surface area contributed by atoms with E-state index in [2.05, 4.69) is 27.9 Å². The number of rotatable bonds is 9. The lowest BCUT2D eigenvalue weighted by atomic mass is 10.1. The quantitative estimate of drug-likeness (QED) is 0.175. The van der Waals surface area contributed by atoms with Crippen molar-refractivity contribution >= 4 is 63.8 Å². The Labute approximate surface area is 247 Å². The highest BCUT2D eigenvalue weighted by molar-refractivity contribution is 14.1. The second kappa shape index (κ2) is 12.6. The Kier molecular flexibility index (Phi) is 9.15. The molecule has 0 aromatic heterocycles. The number of anilines is 1. The molecule has 3 aromatic rings. The standard InChI is InChI=1S/C28H23ClFIN2O7/c1-4-39-24-11-16(10-20(31)25(24)40-14-15-5-7-17(30)8-6-15)9-18-26(34)32-28(36)33(27(18)35)21-13-22(37-2)19(29)12-23(21)38-3/h5-13H,4,14H2,1-3H3,(H,32,34,36)/b18-9+. The van der Waals surface area contributed by atoms with E-state index < -0.39 is 17.8 Å². The summed E-state index contributed by atoms with van der Waals surface area (Å²) < 4.78 is 36.2. The summed E-state index contributed by atoms with van der Waals surface area (Å²) in [6, 6.07) is 11.1. The van der Waals surface area contributed by atoms with Gasteiger partial charge in [0.15, 0.2) is 11.5 Å². The van der Waals surface area contributed by atoms with Gasteiger partial charge >= 0.3 is 6.03 Å². The molecule has 0 bridgehead atoms. The zero-order valence-electron chi connectivity index (χ0n) is 21.5. The molecule has 0 spiro atoms.